The number of anilines is 1. The Bertz CT molecular complexity index is 402. The molecule has 0 aliphatic rings. The van der Waals surface area contributed by atoms with Crippen LogP contribution < -0.4 is 10.6 Å². The molecular formula is C14H23N3S. The Morgan fingerprint density at radius 2 is 2.00 bits per heavy atom. The lowest BCUT2D eigenvalue weighted by molar-refractivity contribution is 0.400. The largest absolute Gasteiger partial charge is 0.362 e. The van der Waals surface area contributed by atoms with Crippen molar-refractivity contribution < 1.29 is 0 Å². The lowest BCUT2D eigenvalue weighted by Crippen LogP contribution is -2.31. The Morgan fingerprint density at radius 3 is 2.67 bits per heavy atom. The molecule has 0 saturated heterocycles. The summed E-state index contributed by atoms with van der Waals surface area (Å²) in [7, 11) is 4.15. The molecule has 0 aliphatic heterocycles. The zero-order chi connectivity index (χ0) is 13.5. The average molecular weight is 265 g/mol. The summed E-state index contributed by atoms with van der Waals surface area (Å²) < 4.78 is 0. The van der Waals surface area contributed by atoms with Gasteiger partial charge < -0.3 is 15.5 Å². The molecule has 0 amide bonds. The summed E-state index contributed by atoms with van der Waals surface area (Å²) in [6.45, 7) is 6.13. The summed E-state index contributed by atoms with van der Waals surface area (Å²) in [6.07, 6.45) is 1.08. The van der Waals surface area contributed by atoms with E-state index in [0.717, 1.165) is 25.2 Å². The lowest BCUT2D eigenvalue weighted by Gasteiger charge is -2.14. The van der Waals surface area contributed by atoms with Crippen LogP contribution in [0.4, 0.5) is 5.69 Å². The molecule has 18 heavy (non-hydrogen) atoms. The van der Waals surface area contributed by atoms with Gasteiger partial charge in [-0.15, -0.1) is 0 Å². The second-order valence-electron chi connectivity index (χ2n) is 4.86. The third-order valence-corrected chi connectivity index (χ3v) is 2.96. The number of hydrogen-bond donors (Lipinski definition) is 2. The minimum atomic E-state index is 0.697. The summed E-state index contributed by atoms with van der Waals surface area (Å²) in [5.41, 5.74) is 3.52. The van der Waals surface area contributed by atoms with Crippen LogP contribution in [-0.4, -0.2) is 37.2 Å². The topological polar surface area (TPSA) is 27.3 Å². The van der Waals surface area contributed by atoms with Crippen molar-refractivity contribution in [3.63, 3.8) is 0 Å². The van der Waals surface area contributed by atoms with Crippen molar-refractivity contribution >= 4 is 23.0 Å². The zero-order valence-electron chi connectivity index (χ0n) is 11.7. The van der Waals surface area contributed by atoms with Crippen LogP contribution >= 0.6 is 12.2 Å². The standard InChI is InChI=1S/C14H23N3S/c1-11-6-7-12(2)13(10-11)16-14(18)15-8-5-9-17(3)4/h6-7,10H,5,8-9H2,1-4H3,(H2,15,16,18). The van der Waals surface area contributed by atoms with Crippen molar-refractivity contribution in [2.24, 2.45) is 0 Å². The molecule has 0 atom stereocenters. The molecule has 0 unspecified atom stereocenters. The van der Waals surface area contributed by atoms with E-state index in [-0.39, 0.29) is 0 Å². The van der Waals surface area contributed by atoms with Crippen molar-refractivity contribution in [2.75, 3.05) is 32.5 Å². The molecule has 3 nitrogen and oxygen atoms in total. The van der Waals surface area contributed by atoms with Crippen LogP contribution in [-0.2, 0) is 0 Å². The number of benzene rings is 1. The van der Waals surface area contributed by atoms with E-state index in [1.807, 2.05) is 0 Å². The molecule has 0 aromatic heterocycles. The first kappa shape index (κ1) is 14.9. The number of aryl methyl sites for hydroxylation is 2. The second-order valence-corrected chi connectivity index (χ2v) is 5.26. The SMILES string of the molecule is Cc1ccc(C)c(NC(=S)NCCCN(C)C)c1. The normalized spacial score (nSPS) is 10.5. The van der Waals surface area contributed by atoms with E-state index in [1.54, 1.807) is 0 Å². The molecule has 0 heterocycles. The highest BCUT2D eigenvalue weighted by Crippen LogP contribution is 2.15. The molecule has 0 saturated carbocycles. The molecule has 0 radical (unpaired) electrons. The fourth-order valence-electron chi connectivity index (χ4n) is 1.63. The Kier molecular flexibility index (Phi) is 6.09. The van der Waals surface area contributed by atoms with E-state index in [4.69, 9.17) is 12.2 Å². The highest BCUT2D eigenvalue weighted by atomic mass is 32.1. The maximum Gasteiger partial charge on any atom is 0.170 e. The van der Waals surface area contributed by atoms with Gasteiger partial charge in [-0.3, -0.25) is 0 Å². The molecule has 2 N–H and O–H groups in total. The minimum absolute atomic E-state index is 0.697. The molecule has 0 fully saturated rings. The fraction of sp³-hybridized carbons (Fsp3) is 0.500. The van der Waals surface area contributed by atoms with Crippen LogP contribution in [0.2, 0.25) is 0 Å². The van der Waals surface area contributed by atoms with Gasteiger partial charge in [0.15, 0.2) is 5.11 Å². The Balaban J connectivity index is 2.38. The van der Waals surface area contributed by atoms with E-state index in [2.05, 4.69) is 61.7 Å². The van der Waals surface area contributed by atoms with Crippen molar-refractivity contribution in [1.29, 1.82) is 0 Å². The molecular weight excluding hydrogens is 242 g/mol. The molecule has 0 aliphatic carbocycles. The number of hydrogen-bond acceptors (Lipinski definition) is 2. The molecule has 100 valence electrons. The molecule has 1 rings (SSSR count). The predicted octanol–water partition coefficient (Wildman–Crippen LogP) is 2.54. The first-order valence-corrected chi connectivity index (χ1v) is 6.66. The third kappa shape index (κ3) is 5.47. The van der Waals surface area contributed by atoms with E-state index >= 15 is 0 Å². The van der Waals surface area contributed by atoms with Gasteiger partial charge >= 0.3 is 0 Å². The van der Waals surface area contributed by atoms with Gasteiger partial charge in [0.2, 0.25) is 0 Å². The quantitative estimate of drug-likeness (QED) is 0.632. The van der Waals surface area contributed by atoms with Crippen LogP contribution in [0.5, 0.6) is 0 Å². The minimum Gasteiger partial charge on any atom is -0.362 e. The van der Waals surface area contributed by atoms with Crippen molar-refractivity contribution in [3.05, 3.63) is 29.3 Å². The van der Waals surface area contributed by atoms with Crippen LogP contribution in [0.3, 0.4) is 0 Å². The Labute approximate surface area is 116 Å². The number of nitrogens with zero attached hydrogens (tertiary/aromatic N) is 1. The van der Waals surface area contributed by atoms with Crippen LogP contribution in [0.1, 0.15) is 17.5 Å². The van der Waals surface area contributed by atoms with Gasteiger partial charge in [-0.2, -0.15) is 0 Å². The first-order valence-electron chi connectivity index (χ1n) is 6.26. The summed E-state index contributed by atoms with van der Waals surface area (Å²) in [6, 6.07) is 6.32. The van der Waals surface area contributed by atoms with Crippen molar-refractivity contribution in [3.8, 4) is 0 Å². The predicted molar refractivity (Wildman–Crippen MR) is 83.3 cm³/mol. The maximum atomic E-state index is 5.28. The number of rotatable bonds is 5. The average Bonchev–Trinajstić information content (AvgIpc) is 2.29. The summed E-state index contributed by atoms with van der Waals surface area (Å²) in [5.74, 6) is 0. The van der Waals surface area contributed by atoms with Crippen LogP contribution in [0, 0.1) is 13.8 Å². The molecule has 4 heteroatoms. The van der Waals surface area contributed by atoms with E-state index in [0.29, 0.717) is 5.11 Å². The third-order valence-electron chi connectivity index (χ3n) is 2.71. The van der Waals surface area contributed by atoms with Crippen LogP contribution in [0.15, 0.2) is 18.2 Å². The number of nitrogens with one attached hydrogen (secondary N) is 2. The van der Waals surface area contributed by atoms with Gasteiger partial charge in [0.1, 0.15) is 0 Å². The van der Waals surface area contributed by atoms with Gasteiger partial charge in [0.05, 0.1) is 0 Å². The maximum absolute atomic E-state index is 5.28. The van der Waals surface area contributed by atoms with Gasteiger partial charge in [-0.1, -0.05) is 12.1 Å². The Morgan fingerprint density at radius 1 is 1.28 bits per heavy atom. The monoisotopic (exact) mass is 265 g/mol. The zero-order valence-corrected chi connectivity index (χ0v) is 12.5. The van der Waals surface area contributed by atoms with E-state index in [1.165, 1.54) is 11.1 Å². The highest BCUT2D eigenvalue weighted by molar-refractivity contribution is 7.80. The van der Waals surface area contributed by atoms with Gasteiger partial charge in [-0.25, -0.2) is 0 Å². The van der Waals surface area contributed by atoms with Crippen molar-refractivity contribution in [1.82, 2.24) is 10.2 Å². The molecule has 0 spiro atoms. The van der Waals surface area contributed by atoms with Crippen molar-refractivity contribution in [2.45, 2.75) is 20.3 Å². The lowest BCUT2D eigenvalue weighted by atomic mass is 10.1. The smallest absolute Gasteiger partial charge is 0.170 e. The van der Waals surface area contributed by atoms with Gasteiger partial charge in [0, 0.05) is 12.2 Å². The van der Waals surface area contributed by atoms with E-state index < -0.39 is 0 Å². The summed E-state index contributed by atoms with van der Waals surface area (Å²) in [5, 5.41) is 7.17. The summed E-state index contributed by atoms with van der Waals surface area (Å²) >= 11 is 5.28. The number of thiocarbonyl (C=S) groups is 1. The molecule has 0 bridgehead atoms. The highest BCUT2D eigenvalue weighted by Gasteiger charge is 2.01. The second kappa shape index (κ2) is 7.34. The summed E-state index contributed by atoms with van der Waals surface area (Å²) in [4.78, 5) is 2.17. The molecule has 1 aromatic rings. The first-order chi connectivity index (χ1) is 8.49. The van der Waals surface area contributed by atoms with Crippen LogP contribution in [0.25, 0.3) is 0 Å². The Hall–Kier alpha value is -1.13. The fourth-order valence-corrected chi connectivity index (χ4v) is 1.85. The molecule has 1 aromatic carbocycles. The van der Waals surface area contributed by atoms with Gasteiger partial charge in [0.25, 0.3) is 0 Å². The van der Waals surface area contributed by atoms with Gasteiger partial charge in [-0.05, 0) is 70.3 Å². The van der Waals surface area contributed by atoms with E-state index in [9.17, 15) is 0 Å².